The molecule has 6 heteroatoms. The van der Waals surface area contributed by atoms with Gasteiger partial charge in [-0.05, 0) is 62.2 Å². The molecule has 0 atom stereocenters. The number of halogens is 1. The Balaban J connectivity index is 0.00000274. The first-order chi connectivity index (χ1) is 16.3. The second kappa shape index (κ2) is 11.3. The molecule has 2 heterocycles. The van der Waals surface area contributed by atoms with Gasteiger partial charge in [0.25, 0.3) is 5.56 Å². The average molecular weight is 475 g/mol. The maximum atomic E-state index is 12.9. The number of benzene rings is 3. The lowest BCUT2D eigenvalue weighted by atomic mass is 10.0. The summed E-state index contributed by atoms with van der Waals surface area (Å²) in [5.41, 5.74) is 3.31. The molecule has 3 aromatic carbocycles. The highest BCUT2D eigenvalue weighted by molar-refractivity contribution is 5.85. The zero-order valence-corrected chi connectivity index (χ0v) is 20.1. The zero-order chi connectivity index (χ0) is 22.5. The Bertz CT molecular complexity index is 1200. The van der Waals surface area contributed by atoms with Crippen LogP contribution < -0.4 is 10.5 Å². The van der Waals surface area contributed by atoms with Crippen molar-refractivity contribution in [3.05, 3.63) is 102 Å². The highest BCUT2D eigenvalue weighted by atomic mass is 35.5. The standard InChI is InChI=1S/C28H30N4O.ClH/c33-28-26-14-7-8-15-27(26)29-22-32(28)25-16-20-30(21-17-25)18-9-19-31(23-10-3-1-4-11-23)24-12-5-2-6-13-24;/h1-8,10-15,22,25H,9,16-21H2;1H. The summed E-state index contributed by atoms with van der Waals surface area (Å²) >= 11 is 0. The van der Waals surface area contributed by atoms with Gasteiger partial charge >= 0.3 is 0 Å². The molecule has 0 radical (unpaired) electrons. The van der Waals surface area contributed by atoms with E-state index in [0.29, 0.717) is 5.39 Å². The van der Waals surface area contributed by atoms with Gasteiger partial charge in [0.15, 0.2) is 0 Å². The van der Waals surface area contributed by atoms with Crippen molar-refractivity contribution in [3.8, 4) is 0 Å². The molecule has 0 unspecified atom stereocenters. The minimum Gasteiger partial charge on any atom is -0.341 e. The normalized spacial score (nSPS) is 14.6. The lowest BCUT2D eigenvalue weighted by molar-refractivity contribution is 0.183. The van der Waals surface area contributed by atoms with E-state index >= 15 is 0 Å². The van der Waals surface area contributed by atoms with E-state index in [0.717, 1.165) is 51.0 Å². The van der Waals surface area contributed by atoms with Crippen molar-refractivity contribution in [2.45, 2.75) is 25.3 Å². The molecule has 0 spiro atoms. The maximum Gasteiger partial charge on any atom is 0.261 e. The SMILES string of the molecule is Cl.O=c1c2ccccc2ncn1C1CCN(CCCN(c2ccccc2)c2ccccc2)CC1. The fraction of sp³-hybridized carbons (Fsp3) is 0.286. The van der Waals surface area contributed by atoms with Crippen LogP contribution in [0.2, 0.25) is 0 Å². The Kier molecular flexibility index (Phi) is 7.99. The molecule has 1 fully saturated rings. The maximum absolute atomic E-state index is 12.9. The van der Waals surface area contributed by atoms with Crippen molar-refractivity contribution in [2.24, 2.45) is 0 Å². The molecule has 1 saturated heterocycles. The highest BCUT2D eigenvalue weighted by Crippen LogP contribution is 2.26. The van der Waals surface area contributed by atoms with Crippen LogP contribution in [0.4, 0.5) is 11.4 Å². The Morgan fingerprint density at radius 1 is 0.824 bits per heavy atom. The molecule has 0 saturated carbocycles. The zero-order valence-electron chi connectivity index (χ0n) is 19.3. The fourth-order valence-electron chi connectivity index (χ4n) is 4.84. The van der Waals surface area contributed by atoms with Gasteiger partial charge in [0.2, 0.25) is 0 Å². The van der Waals surface area contributed by atoms with E-state index in [1.807, 2.05) is 28.8 Å². The lowest BCUT2D eigenvalue weighted by Crippen LogP contribution is -2.38. The predicted molar refractivity (Wildman–Crippen MR) is 142 cm³/mol. The number of likely N-dealkylation sites (tertiary alicyclic amines) is 1. The van der Waals surface area contributed by atoms with Crippen LogP contribution >= 0.6 is 12.4 Å². The molecule has 0 amide bonds. The first-order valence-corrected chi connectivity index (χ1v) is 11.9. The van der Waals surface area contributed by atoms with Crippen molar-refractivity contribution in [3.63, 3.8) is 0 Å². The number of anilines is 2. The Hall–Kier alpha value is -3.15. The van der Waals surface area contributed by atoms with Crippen molar-refractivity contribution in [1.82, 2.24) is 14.5 Å². The third-order valence-corrected chi connectivity index (χ3v) is 6.63. The highest BCUT2D eigenvalue weighted by Gasteiger charge is 2.22. The number of aromatic nitrogens is 2. The number of para-hydroxylation sites is 3. The minimum absolute atomic E-state index is 0. The van der Waals surface area contributed by atoms with Gasteiger partial charge in [-0.25, -0.2) is 4.98 Å². The second-order valence-electron chi connectivity index (χ2n) is 8.72. The van der Waals surface area contributed by atoms with Gasteiger partial charge in [-0.3, -0.25) is 9.36 Å². The summed E-state index contributed by atoms with van der Waals surface area (Å²) in [4.78, 5) is 22.4. The van der Waals surface area contributed by atoms with Crippen LogP contribution in [0.15, 0.2) is 96.1 Å². The number of piperidine rings is 1. The van der Waals surface area contributed by atoms with Gasteiger partial charge in [-0.15, -0.1) is 12.4 Å². The number of rotatable bonds is 7. The molecular weight excluding hydrogens is 444 g/mol. The third-order valence-electron chi connectivity index (χ3n) is 6.63. The van der Waals surface area contributed by atoms with E-state index in [9.17, 15) is 4.79 Å². The van der Waals surface area contributed by atoms with E-state index in [2.05, 4.69) is 75.4 Å². The molecule has 5 nitrogen and oxygen atoms in total. The van der Waals surface area contributed by atoms with Gasteiger partial charge in [-0.2, -0.15) is 0 Å². The molecule has 4 aromatic rings. The predicted octanol–water partition coefficient (Wildman–Crippen LogP) is 5.68. The molecule has 176 valence electrons. The summed E-state index contributed by atoms with van der Waals surface area (Å²) in [6, 6.07) is 29.1. The third kappa shape index (κ3) is 5.32. The average Bonchev–Trinajstić information content (AvgIpc) is 2.89. The van der Waals surface area contributed by atoms with Crippen LogP contribution in [0.25, 0.3) is 10.9 Å². The minimum atomic E-state index is 0. The first kappa shape index (κ1) is 24.0. The van der Waals surface area contributed by atoms with Crippen LogP contribution in [0.5, 0.6) is 0 Å². The Morgan fingerprint density at radius 3 is 2.06 bits per heavy atom. The molecule has 5 rings (SSSR count). The molecule has 1 aliphatic heterocycles. The quantitative estimate of drug-likeness (QED) is 0.345. The van der Waals surface area contributed by atoms with Crippen LogP contribution in [0, 0.1) is 0 Å². The van der Waals surface area contributed by atoms with Gasteiger partial charge in [0.05, 0.1) is 17.2 Å². The topological polar surface area (TPSA) is 41.4 Å². The Morgan fingerprint density at radius 2 is 1.41 bits per heavy atom. The van der Waals surface area contributed by atoms with Gasteiger partial charge < -0.3 is 9.80 Å². The van der Waals surface area contributed by atoms with Crippen LogP contribution in [-0.4, -0.2) is 40.6 Å². The van der Waals surface area contributed by atoms with E-state index < -0.39 is 0 Å². The first-order valence-electron chi connectivity index (χ1n) is 11.9. The molecule has 0 N–H and O–H groups in total. The lowest BCUT2D eigenvalue weighted by Gasteiger charge is -2.33. The smallest absolute Gasteiger partial charge is 0.261 e. The van der Waals surface area contributed by atoms with Crippen molar-refractivity contribution < 1.29 is 0 Å². The van der Waals surface area contributed by atoms with E-state index in [4.69, 9.17) is 0 Å². The van der Waals surface area contributed by atoms with Crippen molar-refractivity contribution >= 4 is 34.7 Å². The molecule has 0 aliphatic carbocycles. The molecule has 1 aromatic heterocycles. The fourth-order valence-corrected chi connectivity index (χ4v) is 4.84. The van der Waals surface area contributed by atoms with Gasteiger partial charge in [0, 0.05) is 37.1 Å². The van der Waals surface area contributed by atoms with Crippen LogP contribution in [0.1, 0.15) is 25.3 Å². The second-order valence-corrected chi connectivity index (χ2v) is 8.72. The molecule has 0 bridgehead atoms. The summed E-state index contributed by atoms with van der Waals surface area (Å²) in [6.07, 6.45) is 4.80. The van der Waals surface area contributed by atoms with E-state index in [1.54, 1.807) is 6.33 Å². The number of nitrogens with zero attached hydrogens (tertiary/aromatic N) is 4. The van der Waals surface area contributed by atoms with E-state index in [-0.39, 0.29) is 24.0 Å². The molecule has 34 heavy (non-hydrogen) atoms. The number of hydrogen-bond acceptors (Lipinski definition) is 4. The summed E-state index contributed by atoms with van der Waals surface area (Å²) in [6.45, 7) is 4.07. The van der Waals surface area contributed by atoms with Crippen LogP contribution in [-0.2, 0) is 0 Å². The molecule has 1 aliphatic rings. The van der Waals surface area contributed by atoms with Crippen molar-refractivity contribution in [2.75, 3.05) is 31.1 Å². The summed E-state index contributed by atoms with van der Waals surface area (Å²) < 4.78 is 1.85. The van der Waals surface area contributed by atoms with Crippen molar-refractivity contribution in [1.29, 1.82) is 0 Å². The number of fused-ring (bicyclic) bond motifs is 1. The van der Waals surface area contributed by atoms with E-state index in [1.165, 1.54) is 11.4 Å². The summed E-state index contributed by atoms with van der Waals surface area (Å²) in [5.74, 6) is 0. The van der Waals surface area contributed by atoms with Gasteiger partial charge in [-0.1, -0.05) is 48.5 Å². The molecular formula is C28H31ClN4O. The monoisotopic (exact) mass is 474 g/mol. The number of hydrogen-bond donors (Lipinski definition) is 0. The Labute approximate surface area is 207 Å². The largest absolute Gasteiger partial charge is 0.341 e. The summed E-state index contributed by atoms with van der Waals surface area (Å²) in [5, 5.41) is 0.712. The summed E-state index contributed by atoms with van der Waals surface area (Å²) in [7, 11) is 0. The van der Waals surface area contributed by atoms with Gasteiger partial charge in [0.1, 0.15) is 0 Å². The van der Waals surface area contributed by atoms with Crippen LogP contribution in [0.3, 0.4) is 0 Å².